The van der Waals surface area contributed by atoms with Crippen LogP contribution in [0.5, 0.6) is 0 Å². The van der Waals surface area contributed by atoms with E-state index in [9.17, 15) is 17.9 Å². The smallest absolute Gasteiger partial charge is 0.210 e. The van der Waals surface area contributed by atoms with Crippen LogP contribution in [0, 0.1) is 0 Å². The minimum absolute atomic E-state index is 0.781. The van der Waals surface area contributed by atoms with Gasteiger partial charge in [-0.2, -0.15) is 0 Å². The van der Waals surface area contributed by atoms with E-state index in [1.807, 2.05) is 20.9 Å². The molecule has 1 aliphatic rings. The maximum absolute atomic E-state index is 11.8. The molecule has 1 saturated heterocycles. The van der Waals surface area contributed by atoms with E-state index < -0.39 is 23.3 Å². The van der Waals surface area contributed by atoms with E-state index in [2.05, 4.69) is 0 Å². The molecule has 0 aromatic rings. The maximum Gasteiger partial charge on any atom is 0.210 e. The fourth-order valence-corrected chi connectivity index (χ4v) is 0.706. The summed E-state index contributed by atoms with van der Waals surface area (Å²) >= 11 is 0. The summed E-state index contributed by atoms with van der Waals surface area (Å²) in [6.45, 7) is 0. The molecule has 1 fully saturated rings. The summed E-state index contributed by atoms with van der Waals surface area (Å²) in [7, 11) is 0. The monoisotopic (exact) mass is 210 g/mol. The number of rotatable bonds is 0. The van der Waals surface area contributed by atoms with Gasteiger partial charge in [-0.25, -0.2) is 0 Å². The lowest BCUT2D eigenvalue weighted by Gasteiger charge is -2.17. The SMILES string of the molecule is FN=C1NC(=NF)C(=NF)NC1=NF. The van der Waals surface area contributed by atoms with Crippen LogP contribution < -0.4 is 10.6 Å². The summed E-state index contributed by atoms with van der Waals surface area (Å²) in [5.41, 5.74) is 0. The van der Waals surface area contributed by atoms with Gasteiger partial charge in [0.25, 0.3) is 0 Å². The van der Waals surface area contributed by atoms with Crippen LogP contribution in [0.2, 0.25) is 0 Å². The van der Waals surface area contributed by atoms with Crippen LogP contribution in [-0.2, 0) is 0 Å². The number of nitrogens with zero attached hydrogens (tertiary/aromatic N) is 4. The highest BCUT2D eigenvalue weighted by atomic mass is 19.2. The Hall–Kier alpha value is -2.00. The van der Waals surface area contributed by atoms with Gasteiger partial charge in [0, 0.05) is 0 Å². The summed E-state index contributed by atoms with van der Waals surface area (Å²) in [6.07, 6.45) is 0. The molecule has 0 aromatic carbocycles. The standard InChI is InChI=1S/C4H2F4N6/c5-11-1-2(12-6)10-4(14-8)3(9-1)13-7/h(H,9,11,13)(H,10,12,14). The Morgan fingerprint density at radius 1 is 0.571 bits per heavy atom. The van der Waals surface area contributed by atoms with Crippen LogP contribution in [0.3, 0.4) is 0 Å². The van der Waals surface area contributed by atoms with Crippen LogP contribution in [0.25, 0.3) is 0 Å². The van der Waals surface area contributed by atoms with Gasteiger partial charge in [0.05, 0.1) is 0 Å². The van der Waals surface area contributed by atoms with Gasteiger partial charge in [0.15, 0.2) is 0 Å². The molecule has 0 atom stereocenters. The second-order valence-corrected chi connectivity index (χ2v) is 1.98. The Kier molecular flexibility index (Phi) is 3.09. The lowest BCUT2D eigenvalue weighted by atomic mass is 10.3. The van der Waals surface area contributed by atoms with Crippen LogP contribution in [0.4, 0.5) is 17.9 Å². The van der Waals surface area contributed by atoms with E-state index in [0.29, 0.717) is 0 Å². The zero-order valence-corrected chi connectivity index (χ0v) is 6.30. The molecule has 0 aromatic heterocycles. The molecule has 14 heavy (non-hydrogen) atoms. The topological polar surface area (TPSA) is 73.5 Å². The second-order valence-electron chi connectivity index (χ2n) is 1.98. The number of piperazine rings is 1. The van der Waals surface area contributed by atoms with Crippen molar-refractivity contribution in [3.63, 3.8) is 0 Å². The number of amidine groups is 4. The number of halogens is 4. The third-order valence-corrected chi connectivity index (χ3v) is 1.26. The van der Waals surface area contributed by atoms with Crippen LogP contribution in [0.15, 0.2) is 20.9 Å². The van der Waals surface area contributed by atoms with Crippen molar-refractivity contribution >= 4 is 23.3 Å². The van der Waals surface area contributed by atoms with E-state index in [4.69, 9.17) is 0 Å². The molecule has 0 unspecified atom stereocenters. The maximum atomic E-state index is 11.8. The molecule has 6 nitrogen and oxygen atoms in total. The third kappa shape index (κ3) is 1.67. The highest BCUT2D eigenvalue weighted by molar-refractivity contribution is 6.59. The van der Waals surface area contributed by atoms with Crippen molar-refractivity contribution in [2.24, 2.45) is 20.9 Å². The largest absolute Gasteiger partial charge is 0.314 e. The zero-order valence-electron chi connectivity index (χ0n) is 6.30. The predicted octanol–water partition coefficient (Wildman–Crippen LogP) is 0.311. The van der Waals surface area contributed by atoms with E-state index >= 15 is 0 Å². The molecule has 0 spiro atoms. The van der Waals surface area contributed by atoms with Crippen LogP contribution in [0.1, 0.15) is 0 Å². The molecule has 10 heteroatoms. The van der Waals surface area contributed by atoms with E-state index in [1.165, 1.54) is 0 Å². The minimum Gasteiger partial charge on any atom is -0.314 e. The third-order valence-electron chi connectivity index (χ3n) is 1.26. The van der Waals surface area contributed by atoms with Gasteiger partial charge in [-0.3, -0.25) is 0 Å². The molecule has 0 radical (unpaired) electrons. The predicted molar refractivity (Wildman–Crippen MR) is 40.4 cm³/mol. The first-order chi connectivity index (χ1) is 6.76. The zero-order chi connectivity index (χ0) is 10.6. The first-order valence-corrected chi connectivity index (χ1v) is 3.07. The molecule has 76 valence electrons. The van der Waals surface area contributed by atoms with Crippen molar-refractivity contribution in [1.82, 2.24) is 10.6 Å². The first kappa shape index (κ1) is 10.1. The van der Waals surface area contributed by atoms with Crippen LogP contribution >= 0.6 is 0 Å². The molecule has 1 rings (SSSR count). The second kappa shape index (κ2) is 4.30. The summed E-state index contributed by atoms with van der Waals surface area (Å²) in [5, 5.41) is 11.7. The van der Waals surface area contributed by atoms with Gasteiger partial charge in [0.1, 0.15) is 0 Å². The molecule has 0 bridgehead atoms. The van der Waals surface area contributed by atoms with E-state index in [0.717, 1.165) is 0 Å². The number of nitrogens with one attached hydrogen (secondary N) is 2. The summed E-state index contributed by atoms with van der Waals surface area (Å²) in [4.78, 5) is 0. The Bertz CT molecular complexity index is 278. The quantitative estimate of drug-likeness (QED) is 0.564. The molecule has 0 aliphatic carbocycles. The summed E-state index contributed by atoms with van der Waals surface area (Å²) in [5.74, 6) is -3.12. The average Bonchev–Trinajstić information content (AvgIpc) is 2.26. The summed E-state index contributed by atoms with van der Waals surface area (Å²) < 4.78 is 47.1. The van der Waals surface area contributed by atoms with Gasteiger partial charge in [-0.05, 0) is 0 Å². The molecule has 0 saturated carbocycles. The van der Waals surface area contributed by atoms with Crippen LogP contribution in [-0.4, -0.2) is 23.3 Å². The van der Waals surface area contributed by atoms with Crippen molar-refractivity contribution in [2.75, 3.05) is 0 Å². The van der Waals surface area contributed by atoms with Gasteiger partial charge < -0.3 is 10.6 Å². The Balaban J connectivity index is 3.05. The van der Waals surface area contributed by atoms with Gasteiger partial charge in [0.2, 0.25) is 23.3 Å². The van der Waals surface area contributed by atoms with Gasteiger partial charge in [-0.1, -0.05) is 38.8 Å². The van der Waals surface area contributed by atoms with Crippen molar-refractivity contribution in [3.8, 4) is 0 Å². The first-order valence-electron chi connectivity index (χ1n) is 3.07. The van der Waals surface area contributed by atoms with Crippen molar-refractivity contribution in [3.05, 3.63) is 0 Å². The molecule has 0 amide bonds. The molecule has 1 aliphatic heterocycles. The summed E-state index contributed by atoms with van der Waals surface area (Å²) in [6, 6.07) is 0. The number of hydrogen-bond donors (Lipinski definition) is 2. The van der Waals surface area contributed by atoms with E-state index in [1.54, 1.807) is 10.6 Å². The lowest BCUT2D eigenvalue weighted by molar-refractivity contribution is 0.517. The molecule has 2 N–H and O–H groups in total. The normalized spacial score (nSPS) is 28.3. The molecular weight excluding hydrogens is 208 g/mol. The molecule has 1 heterocycles. The fraction of sp³-hybridized carbons (Fsp3) is 0. The lowest BCUT2D eigenvalue weighted by Crippen LogP contribution is -2.56. The van der Waals surface area contributed by atoms with E-state index in [-0.39, 0.29) is 0 Å². The minimum atomic E-state index is -0.781. The van der Waals surface area contributed by atoms with Crippen molar-refractivity contribution in [2.45, 2.75) is 0 Å². The Morgan fingerprint density at radius 2 is 0.786 bits per heavy atom. The van der Waals surface area contributed by atoms with Gasteiger partial charge >= 0.3 is 0 Å². The fourth-order valence-electron chi connectivity index (χ4n) is 0.706. The molecular formula is C4H2F4N6. The highest BCUT2D eigenvalue weighted by Crippen LogP contribution is 1.95. The Labute approximate surface area is 73.9 Å². The Morgan fingerprint density at radius 3 is 0.929 bits per heavy atom. The number of hydrogen-bond acceptors (Lipinski definition) is 4. The highest BCUT2D eigenvalue weighted by Gasteiger charge is 2.26. The van der Waals surface area contributed by atoms with Gasteiger partial charge in [-0.15, -0.1) is 0 Å². The van der Waals surface area contributed by atoms with Crippen molar-refractivity contribution in [1.29, 1.82) is 0 Å². The van der Waals surface area contributed by atoms with Crippen molar-refractivity contribution < 1.29 is 17.9 Å². The average molecular weight is 210 g/mol.